The van der Waals surface area contributed by atoms with Gasteiger partial charge in [-0.1, -0.05) is 76.6 Å². The number of phenols is 1. The first-order chi connectivity index (χ1) is 51.8. The summed E-state index contributed by atoms with van der Waals surface area (Å²) in [5, 5.41) is 53.0. The number of amides is 13. The van der Waals surface area contributed by atoms with Crippen molar-refractivity contribution >= 4 is 94.7 Å². The second-order valence-electron chi connectivity index (χ2n) is 28.0. The number of hydrogen-bond acceptors (Lipinski definition) is 20. The highest BCUT2D eigenvalue weighted by Crippen LogP contribution is 2.16. The number of benzene rings is 2. The summed E-state index contributed by atoms with van der Waals surface area (Å²) in [6.45, 7) is 15.6. The lowest BCUT2D eigenvalue weighted by atomic mass is 10.00. The molecule has 110 heavy (non-hydrogen) atoms. The Labute approximate surface area is 642 Å². The molecule has 13 amide bonds. The van der Waals surface area contributed by atoms with Crippen LogP contribution in [0.1, 0.15) is 157 Å². The van der Waals surface area contributed by atoms with Crippen LogP contribution >= 0.6 is 0 Å². The molecular weight excluding hydrogens is 1430 g/mol. The summed E-state index contributed by atoms with van der Waals surface area (Å²) in [6.07, 6.45) is 2.10. The maximum atomic E-state index is 14.6. The van der Waals surface area contributed by atoms with Crippen molar-refractivity contribution in [1.29, 1.82) is 0 Å². The van der Waals surface area contributed by atoms with E-state index in [9.17, 15) is 77.3 Å². The number of carboxylic acids is 1. The maximum Gasteiger partial charge on any atom is 0.325 e. The molecule has 29 N–H and O–H groups in total. The van der Waals surface area contributed by atoms with E-state index in [1.54, 1.807) is 58.0 Å². The lowest BCUT2D eigenvalue weighted by Gasteiger charge is -2.28. The zero-order valence-corrected chi connectivity index (χ0v) is 64.7. The van der Waals surface area contributed by atoms with Crippen molar-refractivity contribution in [3.8, 4) is 5.75 Å². The Morgan fingerprint density at radius 1 is 0.336 bits per heavy atom. The van der Waals surface area contributed by atoms with Crippen molar-refractivity contribution in [1.82, 2.24) is 69.1 Å². The summed E-state index contributed by atoms with van der Waals surface area (Å²) < 4.78 is 0. The van der Waals surface area contributed by atoms with E-state index in [1.165, 1.54) is 65.8 Å². The molecule has 614 valence electrons. The maximum absolute atomic E-state index is 14.6. The number of carbonyl (C=O) groups is 14. The molecule has 0 saturated heterocycles. The third-order valence-electron chi connectivity index (χ3n) is 17.1. The highest BCUT2D eigenvalue weighted by atomic mass is 16.4. The second-order valence-corrected chi connectivity index (χ2v) is 28.0. The number of carbonyl (C=O) groups excluding carboxylic acids is 13. The Hall–Kier alpha value is -10.8. The number of hydrogen-bond donors (Lipinski definition) is 22. The fraction of sp³-hybridized carbons (Fsp3) is 0.611. The molecule has 0 aliphatic heterocycles. The molecule has 0 heterocycles. The summed E-state index contributed by atoms with van der Waals surface area (Å²) >= 11 is 0. The van der Waals surface area contributed by atoms with Crippen LogP contribution in [0, 0.1) is 11.8 Å². The molecule has 0 aliphatic rings. The SMILES string of the molecule is CC(C)C[C@H](NC(=O)[C@H](CCCCN)NC(=O)[C@H](C)NC(=O)[C@H](Cc1ccccc1)NC(=O)[C@H](C)NC(=O)[C@@H](N)CCCCN)C(=O)N[C@@H](C)C(=O)N[C@@H](C)C(=O)N[C@@H](CCCN=C(N)N)C(=O)N[C@@H](CC(C)C)C(=O)N[C@@H](Cc1ccc(O)cc1)C(=O)N[C@@H](CCCN=C(N)N)C(=O)N[C@@H](C)C(=O)N[C@@H](C)C(=O)O. The van der Waals surface area contributed by atoms with Crippen molar-refractivity contribution in [3.63, 3.8) is 0 Å². The number of guanidine groups is 2. The number of aliphatic carboxylic acids is 1. The number of carboxylic acid groups (broad SMARTS) is 1. The number of rotatable bonds is 51. The highest BCUT2D eigenvalue weighted by molar-refractivity contribution is 6.00. The van der Waals surface area contributed by atoms with Gasteiger partial charge < -0.3 is 119 Å². The smallest absolute Gasteiger partial charge is 0.325 e. The lowest BCUT2D eigenvalue weighted by Crippen LogP contribution is -2.60. The third-order valence-corrected chi connectivity index (χ3v) is 17.1. The van der Waals surface area contributed by atoms with Gasteiger partial charge in [0, 0.05) is 25.9 Å². The molecule has 2 aromatic rings. The molecule has 0 bridgehead atoms. The van der Waals surface area contributed by atoms with Crippen LogP contribution in [-0.4, -0.2) is 216 Å². The first-order valence-corrected chi connectivity index (χ1v) is 37.0. The van der Waals surface area contributed by atoms with E-state index >= 15 is 0 Å². The van der Waals surface area contributed by atoms with Crippen LogP contribution < -0.4 is 109 Å². The van der Waals surface area contributed by atoms with Gasteiger partial charge in [-0.3, -0.25) is 77.1 Å². The number of nitrogens with zero attached hydrogens (tertiary/aromatic N) is 2. The molecule has 0 saturated carbocycles. The van der Waals surface area contributed by atoms with Crippen molar-refractivity contribution in [2.75, 3.05) is 26.2 Å². The second kappa shape index (κ2) is 50.0. The van der Waals surface area contributed by atoms with Crippen LogP contribution in [0.3, 0.4) is 0 Å². The molecule has 0 radical (unpaired) electrons. The summed E-state index contributed by atoms with van der Waals surface area (Å²) in [6, 6.07) is -3.95. The molecule has 0 fully saturated rings. The zero-order valence-electron chi connectivity index (χ0n) is 64.7. The highest BCUT2D eigenvalue weighted by Gasteiger charge is 2.36. The molecule has 14 atom stereocenters. The third kappa shape index (κ3) is 37.4. The fourth-order valence-electron chi connectivity index (χ4n) is 10.8. The number of nitrogens with two attached hydrogens (primary N) is 7. The van der Waals surface area contributed by atoms with Crippen LogP contribution in [0.25, 0.3) is 0 Å². The average Bonchev–Trinajstić information content (AvgIpc) is 0.858. The predicted octanol–water partition coefficient (Wildman–Crippen LogP) is -4.53. The largest absolute Gasteiger partial charge is 0.508 e. The number of aliphatic imine (C=N–C) groups is 2. The summed E-state index contributed by atoms with van der Waals surface area (Å²) in [5.74, 6) is -13.2. The van der Waals surface area contributed by atoms with Crippen LogP contribution in [0.15, 0.2) is 64.6 Å². The number of phenolic OH excluding ortho intramolecular Hbond substituents is 1. The summed E-state index contributed by atoms with van der Waals surface area (Å²) in [7, 11) is 0. The Balaban J connectivity index is 2.39. The number of aromatic hydroxyl groups is 1. The zero-order chi connectivity index (χ0) is 82.9. The van der Waals surface area contributed by atoms with Gasteiger partial charge in [-0.15, -0.1) is 0 Å². The predicted molar refractivity (Wildman–Crippen MR) is 411 cm³/mol. The van der Waals surface area contributed by atoms with Gasteiger partial charge in [0.15, 0.2) is 11.9 Å². The number of unbranched alkanes of at least 4 members (excludes halogenated alkanes) is 2. The van der Waals surface area contributed by atoms with E-state index < -0.39 is 167 Å². The fourth-order valence-corrected chi connectivity index (χ4v) is 10.8. The van der Waals surface area contributed by atoms with Gasteiger partial charge in [0.05, 0.1) is 6.04 Å². The molecule has 0 aliphatic carbocycles. The van der Waals surface area contributed by atoms with E-state index in [4.69, 9.17) is 40.1 Å². The molecule has 2 aromatic carbocycles. The minimum absolute atomic E-state index is 0.00924. The molecule has 38 nitrogen and oxygen atoms in total. The van der Waals surface area contributed by atoms with Gasteiger partial charge in [-0.25, -0.2) is 0 Å². The number of nitrogens with one attached hydrogen (secondary N) is 13. The Kier molecular flexibility index (Phi) is 43.4. The van der Waals surface area contributed by atoms with E-state index in [0.717, 1.165) is 0 Å². The molecule has 0 spiro atoms. The van der Waals surface area contributed by atoms with E-state index in [1.807, 2.05) is 0 Å². The van der Waals surface area contributed by atoms with Gasteiger partial charge in [0.2, 0.25) is 76.8 Å². The minimum Gasteiger partial charge on any atom is -0.508 e. The van der Waals surface area contributed by atoms with E-state index in [-0.39, 0.29) is 107 Å². The Morgan fingerprint density at radius 2 is 0.618 bits per heavy atom. The molecule has 38 heteroatoms. The standard InChI is InChI=1S/C72H120N22O16/c1-38(2)34-53(92-64(103)50(23-15-17-31-74)88-60(99)44(9)86-67(106)55(36-46-20-12-11-13-21-46)91-61(100)43(8)83-62(101)49(75)22-14-16-30-73)66(105)85-40(5)57(96)82-42(7)59(98)89-52(25-19-33-81-72(78)79)65(104)93-54(35-39(3)4)68(107)94-56(37-47-26-28-48(95)29-27-47)69(108)90-51(24-18-32-80-71(76)77)63(102)84-41(6)58(97)87-45(10)70(109)110/h11-13,20-21,26-29,38-45,49-56,95H,14-19,22-25,30-37,73-75H2,1-10H3,(H,82,96)(H,83,101)(H,84,102)(H,85,105)(H,86,106)(H,87,97)(H,88,99)(H,89,98)(H,90,108)(H,91,100)(H,92,103)(H,93,104)(H,94,107)(H,109,110)(H4,76,77,80)(H4,78,79,81)/t40-,41-,42-,43-,44-,45-,49-,50-,51-,52-,53-,54-,55-,56-/m0/s1. The topological polar surface area (TPSA) is 643 Å². The van der Waals surface area contributed by atoms with Crippen molar-refractivity contribution in [3.05, 3.63) is 65.7 Å². The monoisotopic (exact) mass is 1550 g/mol. The van der Waals surface area contributed by atoms with Crippen LogP contribution in [0.2, 0.25) is 0 Å². The van der Waals surface area contributed by atoms with E-state index in [2.05, 4.69) is 79.1 Å². The van der Waals surface area contributed by atoms with Gasteiger partial charge in [0.25, 0.3) is 0 Å². The first-order valence-electron chi connectivity index (χ1n) is 37.0. The van der Waals surface area contributed by atoms with Gasteiger partial charge in [-0.05, 0) is 160 Å². The van der Waals surface area contributed by atoms with Crippen LogP contribution in [-0.2, 0) is 80.0 Å². The quantitative estimate of drug-likeness (QED) is 0.0169. The van der Waals surface area contributed by atoms with Crippen molar-refractivity contribution in [2.45, 2.75) is 244 Å². The van der Waals surface area contributed by atoms with Gasteiger partial charge >= 0.3 is 5.97 Å². The van der Waals surface area contributed by atoms with Crippen LogP contribution in [0.4, 0.5) is 0 Å². The molecule has 2 rings (SSSR count). The first kappa shape index (κ1) is 95.3. The summed E-state index contributed by atoms with van der Waals surface area (Å²) in [5.41, 5.74) is 40.6. The van der Waals surface area contributed by atoms with Crippen LogP contribution in [0.5, 0.6) is 5.75 Å². The molecular formula is C72H120N22O16. The normalized spacial score (nSPS) is 14.9. The Bertz CT molecular complexity index is 3410. The van der Waals surface area contributed by atoms with Crippen molar-refractivity contribution in [2.24, 2.45) is 62.0 Å². The molecule has 0 unspecified atom stereocenters. The van der Waals surface area contributed by atoms with Gasteiger partial charge in [0.1, 0.15) is 84.3 Å². The lowest BCUT2D eigenvalue weighted by molar-refractivity contribution is -0.141. The van der Waals surface area contributed by atoms with E-state index in [0.29, 0.717) is 49.8 Å². The minimum atomic E-state index is -1.50. The Morgan fingerprint density at radius 3 is 1.01 bits per heavy atom. The van der Waals surface area contributed by atoms with Gasteiger partial charge in [-0.2, -0.15) is 0 Å². The average molecular weight is 1550 g/mol. The summed E-state index contributed by atoms with van der Waals surface area (Å²) in [4.78, 5) is 200. The van der Waals surface area contributed by atoms with Crippen molar-refractivity contribution < 1.29 is 77.3 Å². The molecule has 0 aromatic heterocycles.